The summed E-state index contributed by atoms with van der Waals surface area (Å²) < 4.78 is 10.5. The first-order valence-electron chi connectivity index (χ1n) is 8.59. The van der Waals surface area contributed by atoms with Gasteiger partial charge in [0.25, 0.3) is 0 Å². The maximum absolute atomic E-state index is 12.7. The molecule has 0 aliphatic carbocycles. The minimum Gasteiger partial charge on any atom is -0.493 e. The van der Waals surface area contributed by atoms with E-state index in [4.69, 9.17) is 21.1 Å². The summed E-state index contributed by atoms with van der Waals surface area (Å²) in [7, 11) is 3.10. The van der Waals surface area contributed by atoms with E-state index >= 15 is 0 Å². The molecule has 4 nitrogen and oxygen atoms in total. The number of methoxy groups -OCH3 is 2. The Morgan fingerprint density at radius 3 is 2.65 bits per heavy atom. The van der Waals surface area contributed by atoms with Crippen LogP contribution >= 0.6 is 11.6 Å². The van der Waals surface area contributed by atoms with Gasteiger partial charge in [0.2, 0.25) is 5.91 Å². The van der Waals surface area contributed by atoms with Gasteiger partial charge < -0.3 is 14.4 Å². The smallest absolute Gasteiger partial charge is 0.247 e. The van der Waals surface area contributed by atoms with Gasteiger partial charge in [-0.1, -0.05) is 41.9 Å². The first-order chi connectivity index (χ1) is 12.6. The largest absolute Gasteiger partial charge is 0.493 e. The zero-order valence-corrected chi connectivity index (χ0v) is 15.7. The average Bonchev–Trinajstić information content (AvgIpc) is 3.16. The number of hydrogen-bond donors (Lipinski definition) is 0. The van der Waals surface area contributed by atoms with Crippen LogP contribution < -0.4 is 9.47 Å². The molecular formula is C21H22ClNO3. The number of ether oxygens (including phenoxy) is 2. The second-order valence-corrected chi connectivity index (χ2v) is 6.58. The molecule has 0 saturated carbocycles. The first-order valence-corrected chi connectivity index (χ1v) is 8.97. The lowest BCUT2D eigenvalue weighted by molar-refractivity contribution is -0.126. The average molecular weight is 372 g/mol. The molecule has 1 aliphatic heterocycles. The van der Waals surface area contributed by atoms with E-state index in [0.29, 0.717) is 16.5 Å². The lowest BCUT2D eigenvalue weighted by atomic mass is 10.0. The fraction of sp³-hybridized carbons (Fsp3) is 0.286. The van der Waals surface area contributed by atoms with Crippen molar-refractivity contribution in [1.29, 1.82) is 0 Å². The Bertz CT molecular complexity index is 804. The van der Waals surface area contributed by atoms with Crippen LogP contribution in [0.3, 0.4) is 0 Å². The molecule has 26 heavy (non-hydrogen) atoms. The van der Waals surface area contributed by atoms with Gasteiger partial charge in [-0.25, -0.2) is 0 Å². The third-order valence-corrected chi connectivity index (χ3v) is 4.88. The second-order valence-electron chi connectivity index (χ2n) is 6.17. The summed E-state index contributed by atoms with van der Waals surface area (Å²) in [6.45, 7) is 0.773. The molecule has 1 fully saturated rings. The monoisotopic (exact) mass is 371 g/mol. The van der Waals surface area contributed by atoms with Crippen molar-refractivity contribution < 1.29 is 14.3 Å². The number of rotatable bonds is 5. The van der Waals surface area contributed by atoms with Gasteiger partial charge in [0.1, 0.15) is 0 Å². The Hall–Kier alpha value is -2.46. The number of carbonyl (C=O) groups is 1. The SMILES string of the molecule is COc1cc(/C=C/C(=O)N2CCC[C@@H]2c2ccccc2)cc(Cl)c1OC. The molecule has 0 bridgehead atoms. The molecule has 3 rings (SSSR count). The molecule has 0 spiro atoms. The van der Waals surface area contributed by atoms with Crippen LogP contribution in [0.25, 0.3) is 6.08 Å². The van der Waals surface area contributed by atoms with Crippen molar-refractivity contribution in [2.45, 2.75) is 18.9 Å². The molecule has 1 aliphatic rings. The van der Waals surface area contributed by atoms with Crippen LogP contribution in [0.1, 0.15) is 30.0 Å². The molecule has 136 valence electrons. The molecule has 1 heterocycles. The molecule has 1 amide bonds. The van der Waals surface area contributed by atoms with Crippen LogP contribution in [0.4, 0.5) is 0 Å². The molecule has 2 aromatic rings. The highest BCUT2D eigenvalue weighted by atomic mass is 35.5. The highest BCUT2D eigenvalue weighted by Crippen LogP contribution is 2.36. The molecule has 0 radical (unpaired) electrons. The molecule has 5 heteroatoms. The van der Waals surface area contributed by atoms with Crippen LogP contribution in [0.5, 0.6) is 11.5 Å². The van der Waals surface area contributed by atoms with Crippen LogP contribution in [-0.2, 0) is 4.79 Å². The van der Waals surface area contributed by atoms with Crippen molar-refractivity contribution in [3.8, 4) is 11.5 Å². The summed E-state index contributed by atoms with van der Waals surface area (Å²) in [5, 5.41) is 0.447. The van der Waals surface area contributed by atoms with Crippen molar-refractivity contribution in [2.24, 2.45) is 0 Å². The van der Waals surface area contributed by atoms with Gasteiger partial charge in [0.15, 0.2) is 11.5 Å². The molecule has 1 atom stereocenters. The van der Waals surface area contributed by atoms with E-state index in [1.807, 2.05) is 23.1 Å². The Balaban J connectivity index is 1.78. The molecule has 2 aromatic carbocycles. The third-order valence-electron chi connectivity index (χ3n) is 4.59. The Morgan fingerprint density at radius 2 is 1.96 bits per heavy atom. The van der Waals surface area contributed by atoms with Crippen molar-refractivity contribution in [1.82, 2.24) is 4.90 Å². The molecule has 0 aromatic heterocycles. The van der Waals surface area contributed by atoms with E-state index in [9.17, 15) is 4.79 Å². The summed E-state index contributed by atoms with van der Waals surface area (Å²) in [5.41, 5.74) is 1.97. The summed E-state index contributed by atoms with van der Waals surface area (Å²) >= 11 is 6.22. The number of carbonyl (C=O) groups excluding carboxylic acids is 1. The number of halogens is 1. The predicted molar refractivity (Wildman–Crippen MR) is 104 cm³/mol. The topological polar surface area (TPSA) is 38.8 Å². The minimum absolute atomic E-state index is 0.00209. The second kappa shape index (κ2) is 8.28. The first kappa shape index (κ1) is 18.3. The fourth-order valence-corrected chi connectivity index (χ4v) is 3.65. The summed E-state index contributed by atoms with van der Waals surface area (Å²) in [4.78, 5) is 14.6. The molecular weight excluding hydrogens is 350 g/mol. The Morgan fingerprint density at radius 1 is 1.19 bits per heavy atom. The van der Waals surface area contributed by atoms with E-state index in [0.717, 1.165) is 24.9 Å². The summed E-state index contributed by atoms with van der Waals surface area (Å²) in [6.07, 6.45) is 5.36. The summed E-state index contributed by atoms with van der Waals surface area (Å²) in [6, 6.07) is 13.9. The standard InChI is InChI=1S/C21H22ClNO3/c1-25-19-14-15(13-17(22)21(19)26-2)10-11-20(24)23-12-6-9-18(23)16-7-4-3-5-8-16/h3-5,7-8,10-11,13-14,18H,6,9,12H2,1-2H3/b11-10+/t18-/m1/s1. The normalized spacial score (nSPS) is 16.9. The van der Waals surface area contributed by atoms with Gasteiger partial charge in [-0.2, -0.15) is 0 Å². The quantitative estimate of drug-likeness (QED) is 0.713. The van der Waals surface area contributed by atoms with Gasteiger partial charge in [0, 0.05) is 12.6 Å². The lowest BCUT2D eigenvalue weighted by Crippen LogP contribution is -2.28. The van der Waals surface area contributed by atoms with E-state index in [1.54, 1.807) is 38.5 Å². The number of likely N-dealkylation sites (tertiary alicyclic amines) is 1. The van der Waals surface area contributed by atoms with Crippen LogP contribution in [0.2, 0.25) is 5.02 Å². The maximum Gasteiger partial charge on any atom is 0.247 e. The Labute approximate surface area is 159 Å². The number of hydrogen-bond acceptors (Lipinski definition) is 3. The van der Waals surface area contributed by atoms with E-state index in [-0.39, 0.29) is 11.9 Å². The highest BCUT2D eigenvalue weighted by molar-refractivity contribution is 6.32. The van der Waals surface area contributed by atoms with Gasteiger partial charge in [0.05, 0.1) is 25.3 Å². The maximum atomic E-state index is 12.7. The Kier molecular flexibility index (Phi) is 5.84. The lowest BCUT2D eigenvalue weighted by Gasteiger charge is -2.23. The number of nitrogens with zero attached hydrogens (tertiary/aromatic N) is 1. The van der Waals surface area contributed by atoms with Crippen LogP contribution in [0, 0.1) is 0 Å². The van der Waals surface area contributed by atoms with E-state index < -0.39 is 0 Å². The number of amides is 1. The van der Waals surface area contributed by atoms with Crippen LogP contribution in [-0.4, -0.2) is 31.6 Å². The van der Waals surface area contributed by atoms with Gasteiger partial charge in [-0.3, -0.25) is 4.79 Å². The van der Waals surface area contributed by atoms with Crippen LogP contribution in [0.15, 0.2) is 48.5 Å². The van der Waals surface area contributed by atoms with Crippen molar-refractivity contribution in [3.63, 3.8) is 0 Å². The third kappa shape index (κ3) is 3.86. The minimum atomic E-state index is 0.00209. The zero-order valence-electron chi connectivity index (χ0n) is 14.9. The van der Waals surface area contributed by atoms with Gasteiger partial charge >= 0.3 is 0 Å². The number of benzene rings is 2. The van der Waals surface area contributed by atoms with Crippen molar-refractivity contribution in [2.75, 3.05) is 20.8 Å². The highest BCUT2D eigenvalue weighted by Gasteiger charge is 2.28. The molecule has 0 N–H and O–H groups in total. The van der Waals surface area contributed by atoms with E-state index in [2.05, 4.69) is 12.1 Å². The van der Waals surface area contributed by atoms with Crippen molar-refractivity contribution >= 4 is 23.6 Å². The molecule has 0 unspecified atom stereocenters. The van der Waals surface area contributed by atoms with Crippen molar-refractivity contribution in [3.05, 3.63) is 64.7 Å². The fourth-order valence-electron chi connectivity index (χ4n) is 3.35. The van der Waals surface area contributed by atoms with Gasteiger partial charge in [-0.05, 0) is 42.2 Å². The molecule has 1 saturated heterocycles. The summed E-state index contributed by atoms with van der Waals surface area (Å²) in [5.74, 6) is 1.03. The van der Waals surface area contributed by atoms with E-state index in [1.165, 1.54) is 5.56 Å². The predicted octanol–water partition coefficient (Wildman–Crippen LogP) is 4.73. The van der Waals surface area contributed by atoms with Gasteiger partial charge in [-0.15, -0.1) is 0 Å². The zero-order chi connectivity index (χ0) is 18.5.